The van der Waals surface area contributed by atoms with Gasteiger partial charge in [-0.2, -0.15) is 0 Å². The summed E-state index contributed by atoms with van der Waals surface area (Å²) in [6.07, 6.45) is 0.476. The van der Waals surface area contributed by atoms with Crippen LogP contribution in [-0.4, -0.2) is 26.1 Å². The van der Waals surface area contributed by atoms with E-state index in [0.717, 1.165) is 5.56 Å². The van der Waals surface area contributed by atoms with Crippen molar-refractivity contribution in [1.29, 1.82) is 0 Å². The maximum absolute atomic E-state index is 12.5. The van der Waals surface area contributed by atoms with Gasteiger partial charge in [0.25, 0.3) is 5.91 Å². The largest absolute Gasteiger partial charge is 0.351 e. The Kier molecular flexibility index (Phi) is 6.35. The van der Waals surface area contributed by atoms with Crippen LogP contribution in [0.1, 0.15) is 29.3 Å². The molecule has 4 N–H and O–H groups in total. The van der Waals surface area contributed by atoms with Crippen LogP contribution < -0.4 is 16.4 Å². The quantitative estimate of drug-likeness (QED) is 0.688. The number of anilines is 1. The first kappa shape index (κ1) is 19.5. The summed E-state index contributed by atoms with van der Waals surface area (Å²) in [6, 6.07) is 12.3. The van der Waals surface area contributed by atoms with Gasteiger partial charge >= 0.3 is 6.03 Å². The number of urea groups is 1. The van der Waals surface area contributed by atoms with Crippen molar-refractivity contribution < 1.29 is 18.0 Å². The molecule has 0 aliphatic heterocycles. The second kappa shape index (κ2) is 8.48. The number of nitrogens with two attached hydrogens (primary N) is 1. The first-order chi connectivity index (χ1) is 12.3. The third-order valence-electron chi connectivity index (χ3n) is 3.61. The van der Waals surface area contributed by atoms with Crippen LogP contribution in [0.4, 0.5) is 10.5 Å². The lowest BCUT2D eigenvalue weighted by Gasteiger charge is -2.11. The molecule has 0 bridgehead atoms. The molecule has 26 heavy (non-hydrogen) atoms. The van der Waals surface area contributed by atoms with Crippen molar-refractivity contribution >= 4 is 27.5 Å². The molecule has 2 rings (SSSR count). The van der Waals surface area contributed by atoms with E-state index in [1.54, 1.807) is 43.3 Å². The molecule has 7 nitrogen and oxygen atoms in total. The number of carbonyl (C=O) groups excluding carboxylic acids is 2. The zero-order chi connectivity index (χ0) is 19.2. The highest BCUT2D eigenvalue weighted by Gasteiger charge is 2.21. The maximum Gasteiger partial charge on any atom is 0.316 e. The molecule has 0 aromatic heterocycles. The number of primary amides is 1. The molecule has 0 aliphatic carbocycles. The Balaban J connectivity index is 2.10. The summed E-state index contributed by atoms with van der Waals surface area (Å²) in [5, 5.41) is 5.16. The molecule has 0 fully saturated rings. The molecule has 0 radical (unpaired) electrons. The second-order valence-electron chi connectivity index (χ2n) is 5.68. The second-order valence-corrected chi connectivity index (χ2v) is 7.76. The molecule has 0 heterocycles. The first-order valence-electron chi connectivity index (χ1n) is 8.09. The van der Waals surface area contributed by atoms with Crippen LogP contribution in [0, 0.1) is 0 Å². The monoisotopic (exact) mass is 375 g/mol. The third-order valence-corrected chi connectivity index (χ3v) is 5.59. The van der Waals surface area contributed by atoms with Crippen LogP contribution in [0.3, 0.4) is 0 Å². The normalized spacial score (nSPS) is 11.0. The van der Waals surface area contributed by atoms with Crippen LogP contribution >= 0.6 is 0 Å². The Hall–Kier alpha value is -2.87. The Bertz CT molecular complexity index is 893. The van der Waals surface area contributed by atoms with Crippen molar-refractivity contribution in [3.05, 3.63) is 59.7 Å². The predicted octanol–water partition coefficient (Wildman–Crippen LogP) is 2.29. The zero-order valence-corrected chi connectivity index (χ0v) is 15.2. The smallest absolute Gasteiger partial charge is 0.316 e. The minimum absolute atomic E-state index is 0.00831. The van der Waals surface area contributed by atoms with Crippen molar-refractivity contribution in [3.8, 4) is 0 Å². The number of benzene rings is 2. The SMILES string of the molecule is CCCS(=O)(=O)c1ccccc1C(=O)NCc1ccc(NC(N)=O)cc1. The van der Waals surface area contributed by atoms with Gasteiger partial charge in [-0.1, -0.05) is 31.2 Å². The van der Waals surface area contributed by atoms with E-state index in [9.17, 15) is 18.0 Å². The van der Waals surface area contributed by atoms with Crippen molar-refractivity contribution in [2.75, 3.05) is 11.1 Å². The summed E-state index contributed by atoms with van der Waals surface area (Å²) in [7, 11) is -3.50. The van der Waals surface area contributed by atoms with E-state index in [4.69, 9.17) is 5.73 Å². The Morgan fingerprint density at radius 2 is 1.69 bits per heavy atom. The maximum atomic E-state index is 12.5. The Morgan fingerprint density at radius 3 is 2.31 bits per heavy atom. The molecule has 8 heteroatoms. The minimum Gasteiger partial charge on any atom is -0.351 e. The Morgan fingerprint density at radius 1 is 1.04 bits per heavy atom. The van der Waals surface area contributed by atoms with Crippen molar-refractivity contribution in [3.63, 3.8) is 0 Å². The molecule has 3 amide bonds. The van der Waals surface area contributed by atoms with Crippen molar-refractivity contribution in [2.24, 2.45) is 5.73 Å². The fraction of sp³-hybridized carbons (Fsp3) is 0.222. The van der Waals surface area contributed by atoms with Gasteiger partial charge in [0, 0.05) is 12.2 Å². The molecule has 0 saturated carbocycles. The molecule has 2 aromatic rings. The number of rotatable bonds is 7. The van der Waals surface area contributed by atoms with E-state index in [-0.39, 0.29) is 22.8 Å². The number of hydrogen-bond donors (Lipinski definition) is 3. The molecule has 0 unspecified atom stereocenters. The lowest BCUT2D eigenvalue weighted by molar-refractivity contribution is 0.0947. The average Bonchev–Trinajstić information content (AvgIpc) is 2.60. The summed E-state index contributed by atoms with van der Waals surface area (Å²) in [6.45, 7) is 1.99. The number of amides is 3. The Labute approximate surface area is 152 Å². The number of carbonyl (C=O) groups is 2. The predicted molar refractivity (Wildman–Crippen MR) is 99.6 cm³/mol. The van der Waals surface area contributed by atoms with Crippen LogP contribution in [0.25, 0.3) is 0 Å². The van der Waals surface area contributed by atoms with Gasteiger partial charge in [0.1, 0.15) is 0 Å². The highest BCUT2D eigenvalue weighted by Crippen LogP contribution is 2.18. The molecular formula is C18H21N3O4S. The molecule has 0 atom stereocenters. The fourth-order valence-electron chi connectivity index (χ4n) is 2.43. The molecular weight excluding hydrogens is 354 g/mol. The molecule has 0 spiro atoms. The topological polar surface area (TPSA) is 118 Å². The lowest BCUT2D eigenvalue weighted by Crippen LogP contribution is -2.25. The van der Waals surface area contributed by atoms with E-state index >= 15 is 0 Å². The summed E-state index contributed by atoms with van der Waals surface area (Å²) in [5.74, 6) is -0.467. The summed E-state index contributed by atoms with van der Waals surface area (Å²) in [4.78, 5) is 23.3. The van der Waals surface area contributed by atoms with Gasteiger partial charge < -0.3 is 16.4 Å². The van der Waals surface area contributed by atoms with E-state index in [1.165, 1.54) is 12.1 Å². The number of sulfone groups is 1. The summed E-state index contributed by atoms with van der Waals surface area (Å²) >= 11 is 0. The van der Waals surface area contributed by atoms with Gasteiger partial charge in [-0.15, -0.1) is 0 Å². The standard InChI is InChI=1S/C18H21N3O4S/c1-2-11-26(24,25)16-6-4-3-5-15(16)17(22)20-12-13-7-9-14(10-8-13)21-18(19)23/h3-10H,2,11-12H2,1H3,(H,20,22)(H3,19,21,23). The summed E-state index contributed by atoms with van der Waals surface area (Å²) < 4.78 is 24.7. The van der Waals surface area contributed by atoms with Gasteiger partial charge in [-0.3, -0.25) is 4.79 Å². The molecule has 0 saturated heterocycles. The van der Waals surface area contributed by atoms with E-state index in [2.05, 4.69) is 10.6 Å². The van der Waals surface area contributed by atoms with Gasteiger partial charge in [0.05, 0.1) is 16.2 Å². The zero-order valence-electron chi connectivity index (χ0n) is 14.4. The van der Waals surface area contributed by atoms with Gasteiger partial charge in [0.15, 0.2) is 9.84 Å². The van der Waals surface area contributed by atoms with E-state index in [1.807, 2.05) is 0 Å². The highest BCUT2D eigenvalue weighted by atomic mass is 32.2. The van der Waals surface area contributed by atoms with Gasteiger partial charge in [-0.25, -0.2) is 13.2 Å². The highest BCUT2D eigenvalue weighted by molar-refractivity contribution is 7.91. The lowest BCUT2D eigenvalue weighted by atomic mass is 10.2. The van der Waals surface area contributed by atoms with Crippen molar-refractivity contribution in [1.82, 2.24) is 5.32 Å². The average molecular weight is 375 g/mol. The summed E-state index contributed by atoms with van der Waals surface area (Å²) in [5.41, 5.74) is 6.51. The van der Waals surface area contributed by atoms with Crippen molar-refractivity contribution in [2.45, 2.75) is 24.8 Å². The van der Waals surface area contributed by atoms with E-state index in [0.29, 0.717) is 12.1 Å². The minimum atomic E-state index is -3.50. The van der Waals surface area contributed by atoms with Gasteiger partial charge in [0.2, 0.25) is 0 Å². The number of nitrogens with one attached hydrogen (secondary N) is 2. The molecule has 138 valence electrons. The van der Waals surface area contributed by atoms with E-state index < -0.39 is 21.8 Å². The first-order valence-corrected chi connectivity index (χ1v) is 9.74. The van der Waals surface area contributed by atoms with Crippen LogP contribution in [0.15, 0.2) is 53.4 Å². The number of hydrogen-bond acceptors (Lipinski definition) is 4. The van der Waals surface area contributed by atoms with Crippen LogP contribution in [0.2, 0.25) is 0 Å². The molecule has 0 aliphatic rings. The fourth-order valence-corrected chi connectivity index (χ4v) is 3.97. The van der Waals surface area contributed by atoms with Crippen LogP contribution in [0.5, 0.6) is 0 Å². The van der Waals surface area contributed by atoms with Gasteiger partial charge in [-0.05, 0) is 36.2 Å². The third kappa shape index (κ3) is 5.06. The van der Waals surface area contributed by atoms with Crippen LogP contribution in [-0.2, 0) is 16.4 Å². The molecule has 2 aromatic carbocycles.